The Bertz CT molecular complexity index is 699. The molecular formula is C18H22N2O3S. The smallest absolute Gasteiger partial charge is 0.220 e. The highest BCUT2D eigenvalue weighted by Crippen LogP contribution is 2.31. The minimum Gasteiger partial charge on any atom is -0.486 e. The summed E-state index contributed by atoms with van der Waals surface area (Å²) in [5.41, 5.74) is 2.22. The molecule has 0 atom stereocenters. The summed E-state index contributed by atoms with van der Waals surface area (Å²) in [4.78, 5) is 16.3. The number of aryl methyl sites for hydroxylation is 2. The molecule has 0 unspecified atom stereocenters. The Morgan fingerprint density at radius 2 is 2.08 bits per heavy atom. The number of nitrogens with zero attached hydrogens (tertiary/aromatic N) is 1. The number of hydrogen-bond donors (Lipinski definition) is 1. The van der Waals surface area contributed by atoms with Crippen LogP contribution in [0.5, 0.6) is 11.5 Å². The van der Waals surface area contributed by atoms with E-state index in [0.717, 1.165) is 41.5 Å². The third-order valence-electron chi connectivity index (χ3n) is 3.85. The van der Waals surface area contributed by atoms with Crippen LogP contribution in [0.3, 0.4) is 0 Å². The topological polar surface area (TPSA) is 60.5 Å². The Morgan fingerprint density at radius 3 is 2.88 bits per heavy atom. The Balaban J connectivity index is 1.36. The quantitative estimate of drug-likeness (QED) is 0.837. The molecule has 2 heterocycles. The van der Waals surface area contributed by atoms with Gasteiger partial charge < -0.3 is 14.8 Å². The lowest BCUT2D eigenvalue weighted by Crippen LogP contribution is -2.25. The molecule has 1 aliphatic rings. The Kier molecular flexibility index (Phi) is 5.69. The van der Waals surface area contributed by atoms with E-state index in [1.165, 1.54) is 5.56 Å². The van der Waals surface area contributed by atoms with E-state index in [2.05, 4.69) is 10.3 Å². The molecule has 1 aromatic heterocycles. The predicted octanol–water partition coefficient (Wildman–Crippen LogP) is 2.90. The molecule has 0 aliphatic carbocycles. The average Bonchev–Trinajstić information content (AvgIpc) is 3.00. The molecule has 0 radical (unpaired) electrons. The Morgan fingerprint density at radius 1 is 1.25 bits per heavy atom. The fraction of sp³-hybridized carbons (Fsp3) is 0.444. The van der Waals surface area contributed by atoms with Gasteiger partial charge in [0.2, 0.25) is 5.91 Å². The van der Waals surface area contributed by atoms with Gasteiger partial charge in [0.1, 0.15) is 13.2 Å². The first-order valence-corrected chi connectivity index (χ1v) is 9.15. The van der Waals surface area contributed by atoms with Gasteiger partial charge in [-0.1, -0.05) is 6.07 Å². The van der Waals surface area contributed by atoms with Crippen LogP contribution in [-0.4, -0.2) is 30.6 Å². The summed E-state index contributed by atoms with van der Waals surface area (Å²) in [6, 6.07) is 5.99. The van der Waals surface area contributed by atoms with Gasteiger partial charge in [0.15, 0.2) is 11.5 Å². The number of fused-ring (bicyclic) bond motifs is 1. The van der Waals surface area contributed by atoms with Crippen molar-refractivity contribution < 1.29 is 14.3 Å². The van der Waals surface area contributed by atoms with Crippen molar-refractivity contribution in [1.82, 2.24) is 10.3 Å². The molecule has 3 rings (SSSR count). The highest BCUT2D eigenvalue weighted by atomic mass is 32.1. The van der Waals surface area contributed by atoms with Crippen molar-refractivity contribution in [3.05, 3.63) is 39.8 Å². The van der Waals surface area contributed by atoms with E-state index in [1.54, 1.807) is 11.3 Å². The monoisotopic (exact) mass is 346 g/mol. The minimum absolute atomic E-state index is 0.0968. The van der Waals surface area contributed by atoms with Gasteiger partial charge in [-0.3, -0.25) is 4.79 Å². The molecule has 0 fully saturated rings. The summed E-state index contributed by atoms with van der Waals surface area (Å²) in [5, 5.41) is 6.07. The van der Waals surface area contributed by atoms with Crippen LogP contribution in [0.1, 0.15) is 29.1 Å². The Hall–Kier alpha value is -2.08. The predicted molar refractivity (Wildman–Crippen MR) is 93.9 cm³/mol. The standard InChI is InChI=1S/C18H22N2O3S/c1-13-20-15(12-24-13)7-8-19-18(21)4-2-3-14-5-6-16-17(11-14)23-10-9-22-16/h5-6,11-12H,2-4,7-10H2,1H3,(H,19,21). The fourth-order valence-corrected chi connectivity index (χ4v) is 3.28. The molecule has 5 nitrogen and oxygen atoms in total. The van der Waals surface area contributed by atoms with Gasteiger partial charge in [-0.25, -0.2) is 4.98 Å². The van der Waals surface area contributed by atoms with E-state index >= 15 is 0 Å². The van der Waals surface area contributed by atoms with Crippen LogP contribution < -0.4 is 14.8 Å². The first kappa shape index (κ1) is 16.8. The van der Waals surface area contributed by atoms with Crippen LogP contribution >= 0.6 is 11.3 Å². The fourth-order valence-electron chi connectivity index (χ4n) is 2.64. The maximum Gasteiger partial charge on any atom is 0.220 e. The summed E-state index contributed by atoms with van der Waals surface area (Å²) in [5.74, 6) is 1.71. The Labute approximate surface area is 146 Å². The molecule has 0 spiro atoms. The van der Waals surface area contributed by atoms with Crippen LogP contribution in [0.2, 0.25) is 0 Å². The highest BCUT2D eigenvalue weighted by Gasteiger charge is 2.11. The highest BCUT2D eigenvalue weighted by molar-refractivity contribution is 7.09. The molecule has 0 saturated heterocycles. The van der Waals surface area contributed by atoms with Gasteiger partial charge in [-0.15, -0.1) is 11.3 Å². The number of nitrogens with one attached hydrogen (secondary N) is 1. The van der Waals surface area contributed by atoms with E-state index in [4.69, 9.17) is 9.47 Å². The molecule has 24 heavy (non-hydrogen) atoms. The first-order chi connectivity index (χ1) is 11.7. The summed E-state index contributed by atoms with van der Waals surface area (Å²) in [7, 11) is 0. The van der Waals surface area contributed by atoms with Crippen LogP contribution in [0.4, 0.5) is 0 Å². The first-order valence-electron chi connectivity index (χ1n) is 8.27. The van der Waals surface area contributed by atoms with Crippen molar-refractivity contribution >= 4 is 17.2 Å². The summed E-state index contributed by atoms with van der Waals surface area (Å²) in [6.07, 6.45) is 3.00. The van der Waals surface area contributed by atoms with E-state index in [9.17, 15) is 4.79 Å². The zero-order valence-corrected chi connectivity index (χ0v) is 14.7. The van der Waals surface area contributed by atoms with Crippen LogP contribution in [0.15, 0.2) is 23.6 Å². The maximum absolute atomic E-state index is 11.9. The molecule has 1 N–H and O–H groups in total. The molecule has 0 bridgehead atoms. The molecule has 128 valence electrons. The number of carbonyl (C=O) groups excluding carboxylic acids is 1. The van der Waals surface area contributed by atoms with Crippen molar-refractivity contribution in [2.24, 2.45) is 0 Å². The zero-order valence-electron chi connectivity index (χ0n) is 13.8. The number of amides is 1. The zero-order chi connectivity index (χ0) is 16.8. The molecule has 6 heteroatoms. The average molecular weight is 346 g/mol. The number of thiazole rings is 1. The van der Waals surface area contributed by atoms with Crippen molar-refractivity contribution in [2.45, 2.75) is 32.6 Å². The number of hydrogen-bond acceptors (Lipinski definition) is 5. The van der Waals surface area contributed by atoms with Gasteiger partial charge in [0, 0.05) is 24.8 Å². The molecule has 2 aromatic rings. The van der Waals surface area contributed by atoms with E-state index in [-0.39, 0.29) is 5.91 Å². The summed E-state index contributed by atoms with van der Waals surface area (Å²) < 4.78 is 11.1. The van der Waals surface area contributed by atoms with Crippen molar-refractivity contribution in [3.8, 4) is 11.5 Å². The number of benzene rings is 1. The van der Waals surface area contributed by atoms with E-state index in [1.807, 2.05) is 30.5 Å². The maximum atomic E-state index is 11.9. The van der Waals surface area contributed by atoms with Crippen molar-refractivity contribution in [2.75, 3.05) is 19.8 Å². The summed E-state index contributed by atoms with van der Waals surface area (Å²) in [6.45, 7) is 3.83. The lowest BCUT2D eigenvalue weighted by Gasteiger charge is -2.18. The third-order valence-corrected chi connectivity index (χ3v) is 4.67. The molecule has 1 amide bonds. The molecule has 0 saturated carbocycles. The second-order valence-electron chi connectivity index (χ2n) is 5.79. The summed E-state index contributed by atoms with van der Waals surface area (Å²) >= 11 is 1.64. The van der Waals surface area contributed by atoms with Crippen LogP contribution in [0, 0.1) is 6.92 Å². The van der Waals surface area contributed by atoms with Gasteiger partial charge in [0.25, 0.3) is 0 Å². The van der Waals surface area contributed by atoms with Crippen LogP contribution in [-0.2, 0) is 17.6 Å². The van der Waals surface area contributed by atoms with E-state index in [0.29, 0.717) is 26.2 Å². The normalized spacial score (nSPS) is 12.9. The van der Waals surface area contributed by atoms with Gasteiger partial charge >= 0.3 is 0 Å². The molecule has 1 aromatic carbocycles. The number of aromatic nitrogens is 1. The van der Waals surface area contributed by atoms with Crippen molar-refractivity contribution in [3.63, 3.8) is 0 Å². The SMILES string of the molecule is Cc1nc(CCNC(=O)CCCc2ccc3c(c2)OCCO3)cs1. The van der Waals surface area contributed by atoms with E-state index < -0.39 is 0 Å². The number of carbonyl (C=O) groups is 1. The van der Waals surface area contributed by atoms with Crippen molar-refractivity contribution in [1.29, 1.82) is 0 Å². The lowest BCUT2D eigenvalue weighted by atomic mass is 10.1. The minimum atomic E-state index is 0.0968. The second-order valence-corrected chi connectivity index (χ2v) is 6.85. The largest absolute Gasteiger partial charge is 0.486 e. The van der Waals surface area contributed by atoms with Crippen LogP contribution in [0.25, 0.3) is 0 Å². The number of ether oxygens (including phenoxy) is 2. The second kappa shape index (κ2) is 8.15. The molecular weight excluding hydrogens is 324 g/mol. The lowest BCUT2D eigenvalue weighted by molar-refractivity contribution is -0.121. The van der Waals surface area contributed by atoms with Gasteiger partial charge in [-0.2, -0.15) is 0 Å². The number of rotatable bonds is 7. The molecule has 1 aliphatic heterocycles. The third kappa shape index (κ3) is 4.71. The van der Waals surface area contributed by atoms with Gasteiger partial charge in [-0.05, 0) is 37.5 Å². The van der Waals surface area contributed by atoms with Gasteiger partial charge in [0.05, 0.1) is 10.7 Å².